The van der Waals surface area contributed by atoms with Gasteiger partial charge in [-0.05, 0) is 53.4 Å². The lowest BCUT2D eigenvalue weighted by Crippen LogP contribution is -2.39. The van der Waals surface area contributed by atoms with Crippen LogP contribution in [0.3, 0.4) is 0 Å². The predicted molar refractivity (Wildman–Crippen MR) is 126 cm³/mol. The first-order valence-electron chi connectivity index (χ1n) is 12.1. The standard InChI is InChI=1S/C27H30N2O5/c30-25(31)13-16-6-5-11-24(16)29-26(32)22-12-17(22)14-28-27(33)34-15-23-20-9-3-1-7-18(20)19-8-2-4-10-21(19)23/h1-4,7-10,16-17,22-24H,5-6,11-15H2,(H,28,33)(H,29,32)(H,30,31)/t16-,17+,22+,24+/m0/s1. The minimum atomic E-state index is -0.817. The lowest BCUT2D eigenvalue weighted by atomic mass is 9.98. The van der Waals surface area contributed by atoms with Gasteiger partial charge in [0.2, 0.25) is 5.91 Å². The van der Waals surface area contributed by atoms with Crippen molar-refractivity contribution in [3.05, 3.63) is 59.7 Å². The van der Waals surface area contributed by atoms with Crippen molar-refractivity contribution in [3.63, 3.8) is 0 Å². The summed E-state index contributed by atoms with van der Waals surface area (Å²) in [4.78, 5) is 36.0. The van der Waals surface area contributed by atoms with Crippen LogP contribution in [0.25, 0.3) is 11.1 Å². The molecule has 3 N–H and O–H groups in total. The second kappa shape index (κ2) is 9.49. The van der Waals surface area contributed by atoms with E-state index >= 15 is 0 Å². The van der Waals surface area contributed by atoms with Gasteiger partial charge in [0, 0.05) is 24.4 Å². The minimum absolute atomic E-state index is 0.0117. The second-order valence-electron chi connectivity index (χ2n) is 9.71. The van der Waals surface area contributed by atoms with Gasteiger partial charge in [-0.15, -0.1) is 0 Å². The molecule has 0 unspecified atom stereocenters. The van der Waals surface area contributed by atoms with E-state index in [0.717, 1.165) is 25.7 Å². The van der Waals surface area contributed by atoms with Crippen molar-refractivity contribution in [1.29, 1.82) is 0 Å². The molecule has 0 saturated heterocycles. The number of alkyl carbamates (subject to hydrolysis) is 1. The van der Waals surface area contributed by atoms with Crippen LogP contribution in [0.1, 0.15) is 49.1 Å². The van der Waals surface area contributed by atoms with E-state index < -0.39 is 12.1 Å². The van der Waals surface area contributed by atoms with Crippen molar-refractivity contribution in [2.45, 2.75) is 44.1 Å². The molecule has 0 aromatic heterocycles. The molecule has 3 aliphatic rings. The number of carbonyl (C=O) groups is 3. The van der Waals surface area contributed by atoms with Crippen molar-refractivity contribution < 1.29 is 24.2 Å². The van der Waals surface area contributed by atoms with Crippen molar-refractivity contribution in [3.8, 4) is 11.1 Å². The normalized spacial score (nSPS) is 24.7. The summed E-state index contributed by atoms with van der Waals surface area (Å²) >= 11 is 0. The molecule has 5 rings (SSSR count). The Bertz CT molecular complexity index is 1050. The molecule has 2 fully saturated rings. The summed E-state index contributed by atoms with van der Waals surface area (Å²) in [5.74, 6) is -0.843. The Morgan fingerprint density at radius 1 is 0.941 bits per heavy atom. The Kier molecular flexibility index (Phi) is 6.26. The minimum Gasteiger partial charge on any atom is -0.481 e. The van der Waals surface area contributed by atoms with Crippen LogP contribution < -0.4 is 10.6 Å². The van der Waals surface area contributed by atoms with Gasteiger partial charge in [-0.2, -0.15) is 0 Å². The van der Waals surface area contributed by atoms with Gasteiger partial charge >= 0.3 is 12.1 Å². The van der Waals surface area contributed by atoms with Gasteiger partial charge in [0.15, 0.2) is 0 Å². The average Bonchev–Trinajstić information content (AvgIpc) is 3.39. The van der Waals surface area contributed by atoms with Crippen LogP contribution in [0.15, 0.2) is 48.5 Å². The Hall–Kier alpha value is -3.35. The summed E-state index contributed by atoms with van der Waals surface area (Å²) in [6.45, 7) is 0.666. The van der Waals surface area contributed by atoms with E-state index in [1.54, 1.807) is 0 Å². The number of nitrogens with one attached hydrogen (secondary N) is 2. The van der Waals surface area contributed by atoms with Gasteiger partial charge < -0.3 is 20.5 Å². The van der Waals surface area contributed by atoms with Crippen molar-refractivity contribution >= 4 is 18.0 Å². The number of aliphatic carboxylic acids is 1. The Morgan fingerprint density at radius 2 is 1.62 bits per heavy atom. The molecule has 4 atom stereocenters. The van der Waals surface area contributed by atoms with Gasteiger partial charge in [0.1, 0.15) is 6.61 Å². The zero-order valence-corrected chi connectivity index (χ0v) is 19.0. The largest absolute Gasteiger partial charge is 0.481 e. The van der Waals surface area contributed by atoms with E-state index in [0.29, 0.717) is 6.54 Å². The summed E-state index contributed by atoms with van der Waals surface area (Å²) in [6.07, 6.45) is 2.98. The smallest absolute Gasteiger partial charge is 0.407 e. The molecular formula is C27H30N2O5. The fourth-order valence-electron chi connectivity index (χ4n) is 5.64. The summed E-state index contributed by atoms with van der Waals surface area (Å²) < 4.78 is 5.57. The molecule has 2 aromatic carbocycles. The molecule has 7 nitrogen and oxygen atoms in total. The zero-order chi connectivity index (χ0) is 23.7. The topological polar surface area (TPSA) is 105 Å². The number of carboxylic acid groups (broad SMARTS) is 1. The molecule has 2 saturated carbocycles. The number of hydrogen-bond acceptors (Lipinski definition) is 4. The highest BCUT2D eigenvalue weighted by molar-refractivity contribution is 5.82. The Morgan fingerprint density at radius 3 is 2.29 bits per heavy atom. The van der Waals surface area contributed by atoms with Crippen LogP contribution in [0.2, 0.25) is 0 Å². The van der Waals surface area contributed by atoms with E-state index in [-0.39, 0.29) is 48.6 Å². The molecule has 2 amide bonds. The highest BCUT2D eigenvalue weighted by Gasteiger charge is 2.44. The summed E-state index contributed by atoms with van der Waals surface area (Å²) in [7, 11) is 0. The lowest BCUT2D eigenvalue weighted by molar-refractivity contribution is -0.138. The number of fused-ring (bicyclic) bond motifs is 3. The van der Waals surface area contributed by atoms with Gasteiger partial charge in [0.25, 0.3) is 0 Å². The van der Waals surface area contributed by atoms with E-state index in [9.17, 15) is 14.4 Å². The van der Waals surface area contributed by atoms with Gasteiger partial charge in [-0.3, -0.25) is 9.59 Å². The third-order valence-corrected chi connectivity index (χ3v) is 7.54. The maximum atomic E-state index is 12.6. The number of rotatable bonds is 8. The maximum Gasteiger partial charge on any atom is 0.407 e. The molecule has 34 heavy (non-hydrogen) atoms. The van der Waals surface area contributed by atoms with E-state index in [4.69, 9.17) is 9.84 Å². The summed E-state index contributed by atoms with van der Waals surface area (Å²) in [5.41, 5.74) is 4.71. The van der Waals surface area contributed by atoms with Crippen molar-refractivity contribution in [2.24, 2.45) is 17.8 Å². The zero-order valence-electron chi connectivity index (χ0n) is 19.0. The highest BCUT2D eigenvalue weighted by Crippen LogP contribution is 2.44. The van der Waals surface area contributed by atoms with Crippen molar-refractivity contribution in [1.82, 2.24) is 10.6 Å². The maximum absolute atomic E-state index is 12.6. The summed E-state index contributed by atoms with van der Waals surface area (Å²) in [5, 5.41) is 14.9. The number of benzene rings is 2. The van der Waals surface area contributed by atoms with Crippen LogP contribution >= 0.6 is 0 Å². The molecule has 2 aromatic rings. The lowest BCUT2D eigenvalue weighted by Gasteiger charge is -2.19. The fourth-order valence-corrected chi connectivity index (χ4v) is 5.64. The highest BCUT2D eigenvalue weighted by atomic mass is 16.5. The van der Waals surface area contributed by atoms with Crippen LogP contribution in [-0.4, -0.2) is 42.3 Å². The van der Waals surface area contributed by atoms with Gasteiger partial charge in [0.05, 0.1) is 6.42 Å². The third kappa shape index (κ3) is 4.65. The van der Waals surface area contributed by atoms with E-state index in [2.05, 4.69) is 34.9 Å². The van der Waals surface area contributed by atoms with Crippen molar-refractivity contribution in [2.75, 3.05) is 13.2 Å². The van der Waals surface area contributed by atoms with Crippen LogP contribution in [0.5, 0.6) is 0 Å². The quantitative estimate of drug-likeness (QED) is 0.552. The number of hydrogen-bond donors (Lipinski definition) is 3. The molecular weight excluding hydrogens is 432 g/mol. The number of carbonyl (C=O) groups excluding carboxylic acids is 2. The van der Waals surface area contributed by atoms with Crippen LogP contribution in [0.4, 0.5) is 4.79 Å². The molecule has 0 heterocycles. The predicted octanol–water partition coefficient (Wildman–Crippen LogP) is 3.92. The SMILES string of the molecule is O=C(O)C[C@@H]1CCC[C@H]1NC(=O)[C@@H]1C[C@@H]1CNC(=O)OCC1c2ccccc2-c2ccccc21. The van der Waals surface area contributed by atoms with Crippen LogP contribution in [-0.2, 0) is 14.3 Å². The third-order valence-electron chi connectivity index (χ3n) is 7.54. The van der Waals surface area contributed by atoms with E-state index in [1.165, 1.54) is 22.3 Å². The first-order valence-corrected chi connectivity index (χ1v) is 12.1. The second-order valence-corrected chi connectivity index (χ2v) is 9.71. The number of amides is 2. The van der Waals surface area contributed by atoms with Gasteiger partial charge in [-0.25, -0.2) is 4.79 Å². The molecule has 3 aliphatic carbocycles. The molecule has 178 valence electrons. The Labute approximate surface area is 198 Å². The monoisotopic (exact) mass is 462 g/mol. The molecule has 0 bridgehead atoms. The van der Waals surface area contributed by atoms with Gasteiger partial charge in [-0.1, -0.05) is 55.0 Å². The first-order chi connectivity index (χ1) is 16.5. The Balaban J connectivity index is 1.08. The molecule has 7 heteroatoms. The first kappa shape index (κ1) is 22.4. The van der Waals surface area contributed by atoms with Crippen LogP contribution in [0, 0.1) is 17.8 Å². The molecule has 0 radical (unpaired) electrons. The van der Waals surface area contributed by atoms with E-state index in [1.807, 2.05) is 24.3 Å². The number of ether oxygens (including phenoxy) is 1. The summed E-state index contributed by atoms with van der Waals surface area (Å²) in [6, 6.07) is 16.4. The molecule has 0 spiro atoms. The molecule has 0 aliphatic heterocycles. The number of carboxylic acids is 1. The fraction of sp³-hybridized carbons (Fsp3) is 0.444. The average molecular weight is 463 g/mol.